The van der Waals surface area contributed by atoms with E-state index >= 15 is 0 Å². The molecule has 10 heteroatoms. The van der Waals surface area contributed by atoms with Crippen molar-refractivity contribution in [1.29, 1.82) is 0 Å². The molecular weight excluding hydrogens is 559 g/mol. The third-order valence-electron chi connectivity index (χ3n) is 9.38. The second-order valence-corrected chi connectivity index (χ2v) is 12.7. The maximum absolute atomic E-state index is 14.0. The van der Waals surface area contributed by atoms with Crippen LogP contribution in [0, 0.1) is 17.8 Å². The number of hydrogen-bond acceptors (Lipinski definition) is 4. The van der Waals surface area contributed by atoms with Gasteiger partial charge in [-0.15, -0.1) is 0 Å². The molecule has 200 valence electrons. The molecule has 2 aromatic heterocycles. The minimum Gasteiger partial charge on any atom is -0.336 e. The molecule has 0 unspecified atom stereocenters. The summed E-state index contributed by atoms with van der Waals surface area (Å²) in [7, 11) is 0. The van der Waals surface area contributed by atoms with Gasteiger partial charge in [-0.05, 0) is 74.5 Å². The molecule has 4 saturated carbocycles. The highest BCUT2D eigenvalue weighted by Gasteiger charge is 2.53. The van der Waals surface area contributed by atoms with Crippen molar-refractivity contribution in [3.63, 3.8) is 0 Å². The van der Waals surface area contributed by atoms with E-state index in [0.29, 0.717) is 18.7 Å². The van der Waals surface area contributed by atoms with Crippen LogP contribution in [0.2, 0.25) is 0 Å². The van der Waals surface area contributed by atoms with Crippen LogP contribution in [0.1, 0.15) is 54.6 Å². The van der Waals surface area contributed by atoms with Gasteiger partial charge in [0.05, 0.1) is 11.9 Å². The molecule has 1 aromatic carbocycles. The number of halogens is 4. The predicted molar refractivity (Wildman–Crippen MR) is 140 cm³/mol. The van der Waals surface area contributed by atoms with Gasteiger partial charge in [0.15, 0.2) is 11.3 Å². The van der Waals surface area contributed by atoms with Crippen LogP contribution in [0.5, 0.6) is 0 Å². The fraction of sp³-hybridized carbons (Fsp3) is 0.536. The van der Waals surface area contributed by atoms with Gasteiger partial charge in [-0.25, -0.2) is 9.50 Å². The first-order valence-electron chi connectivity index (χ1n) is 13.4. The molecule has 5 aliphatic rings. The maximum atomic E-state index is 14.0. The van der Waals surface area contributed by atoms with E-state index in [9.17, 15) is 18.0 Å². The van der Waals surface area contributed by atoms with Crippen molar-refractivity contribution in [1.82, 2.24) is 24.4 Å². The molecule has 3 aromatic rings. The fourth-order valence-corrected chi connectivity index (χ4v) is 8.35. The molecule has 0 atom stereocenters. The summed E-state index contributed by atoms with van der Waals surface area (Å²) in [4.78, 5) is 22.5. The summed E-state index contributed by atoms with van der Waals surface area (Å²) in [5, 5.41) is 3.96. The Labute approximate surface area is 227 Å². The minimum absolute atomic E-state index is 0.0637. The molecule has 1 amide bonds. The fourth-order valence-electron chi connectivity index (χ4n) is 8.09. The summed E-state index contributed by atoms with van der Waals surface area (Å²) in [6, 6.07) is 7.89. The summed E-state index contributed by atoms with van der Waals surface area (Å²) in [5.41, 5.74) is 0.0652. The molecular formula is C28H29BrF3N5O. The van der Waals surface area contributed by atoms with Crippen LogP contribution in [-0.2, 0) is 6.18 Å². The number of alkyl halides is 3. The standard InChI is InChI=1S/C28H29BrF3N5O/c29-21-3-1-20(2-4-21)23-12-24(28(30,31)32)37-25(34-23)22(16-33-37)26(38)35-5-7-36(8-6-35)27-13-17-9-18(14-27)11-19(10-17)15-27/h1-4,12,16-19H,5-11,13-15H2. The highest BCUT2D eigenvalue weighted by atomic mass is 79.9. The summed E-state index contributed by atoms with van der Waals surface area (Å²) >= 11 is 3.35. The normalized spacial score (nSPS) is 29.4. The monoisotopic (exact) mass is 587 g/mol. The second-order valence-electron chi connectivity index (χ2n) is 11.7. The smallest absolute Gasteiger partial charge is 0.336 e. The number of aromatic nitrogens is 3. The second kappa shape index (κ2) is 8.78. The molecule has 1 aliphatic heterocycles. The number of carbonyl (C=O) groups is 1. The van der Waals surface area contributed by atoms with Gasteiger partial charge in [0, 0.05) is 41.8 Å². The van der Waals surface area contributed by atoms with E-state index in [0.717, 1.165) is 45.9 Å². The number of piperazine rings is 1. The number of benzene rings is 1. The molecule has 4 aliphatic carbocycles. The van der Waals surface area contributed by atoms with Crippen molar-refractivity contribution in [2.45, 2.75) is 50.2 Å². The maximum Gasteiger partial charge on any atom is 0.433 e. The van der Waals surface area contributed by atoms with Gasteiger partial charge >= 0.3 is 6.18 Å². The molecule has 38 heavy (non-hydrogen) atoms. The Morgan fingerprint density at radius 2 is 1.55 bits per heavy atom. The summed E-state index contributed by atoms with van der Waals surface area (Å²) in [5.74, 6) is 2.26. The van der Waals surface area contributed by atoms with Crippen molar-refractivity contribution in [3.8, 4) is 11.3 Å². The van der Waals surface area contributed by atoms with Crippen LogP contribution in [0.3, 0.4) is 0 Å². The average Bonchev–Trinajstić information content (AvgIpc) is 3.31. The number of carbonyl (C=O) groups excluding carboxylic acids is 1. The number of rotatable bonds is 3. The Bertz CT molecular complexity index is 1360. The Balaban J connectivity index is 1.16. The molecule has 6 nitrogen and oxygen atoms in total. The first-order chi connectivity index (χ1) is 18.2. The first-order valence-corrected chi connectivity index (χ1v) is 14.2. The average molecular weight is 588 g/mol. The van der Waals surface area contributed by atoms with E-state index in [1.165, 1.54) is 44.7 Å². The van der Waals surface area contributed by atoms with E-state index in [1.54, 1.807) is 29.2 Å². The Kier molecular flexibility index (Phi) is 5.67. The predicted octanol–water partition coefficient (Wildman–Crippen LogP) is 5.90. The summed E-state index contributed by atoms with van der Waals surface area (Å²) in [6.45, 7) is 2.75. The van der Waals surface area contributed by atoms with Crippen molar-refractivity contribution < 1.29 is 18.0 Å². The topological polar surface area (TPSA) is 53.7 Å². The third kappa shape index (κ3) is 4.06. The van der Waals surface area contributed by atoms with E-state index in [1.807, 2.05) is 0 Å². The van der Waals surface area contributed by atoms with Gasteiger partial charge in [0.2, 0.25) is 0 Å². The van der Waals surface area contributed by atoms with Crippen molar-refractivity contribution in [2.24, 2.45) is 17.8 Å². The zero-order chi connectivity index (χ0) is 26.2. The number of amides is 1. The molecule has 5 fully saturated rings. The van der Waals surface area contributed by atoms with E-state index in [2.05, 4.69) is 30.9 Å². The van der Waals surface area contributed by atoms with E-state index in [4.69, 9.17) is 0 Å². The van der Waals surface area contributed by atoms with E-state index < -0.39 is 11.9 Å². The summed E-state index contributed by atoms with van der Waals surface area (Å²) < 4.78 is 43.6. The van der Waals surface area contributed by atoms with Crippen molar-refractivity contribution in [2.75, 3.05) is 26.2 Å². The Hall–Kier alpha value is -2.46. The molecule has 0 radical (unpaired) electrons. The van der Waals surface area contributed by atoms with Crippen LogP contribution >= 0.6 is 15.9 Å². The molecule has 8 rings (SSSR count). The van der Waals surface area contributed by atoms with Crippen LogP contribution < -0.4 is 0 Å². The van der Waals surface area contributed by atoms with Gasteiger partial charge in [-0.1, -0.05) is 28.1 Å². The van der Waals surface area contributed by atoms with Gasteiger partial charge in [-0.2, -0.15) is 18.3 Å². The molecule has 0 N–H and O–H groups in total. The molecule has 3 heterocycles. The van der Waals surface area contributed by atoms with Gasteiger partial charge in [0.1, 0.15) is 5.56 Å². The molecule has 4 bridgehead atoms. The van der Waals surface area contributed by atoms with E-state index in [-0.39, 0.29) is 28.4 Å². The Morgan fingerprint density at radius 1 is 0.947 bits per heavy atom. The van der Waals surface area contributed by atoms with Gasteiger partial charge in [-0.3, -0.25) is 9.69 Å². The first kappa shape index (κ1) is 24.6. The lowest BCUT2D eigenvalue weighted by atomic mass is 9.52. The van der Waals surface area contributed by atoms with Crippen LogP contribution in [0.15, 0.2) is 41.0 Å². The third-order valence-corrected chi connectivity index (χ3v) is 9.90. The zero-order valence-electron chi connectivity index (χ0n) is 20.9. The lowest BCUT2D eigenvalue weighted by molar-refractivity contribution is -0.142. The zero-order valence-corrected chi connectivity index (χ0v) is 22.5. The molecule has 0 spiro atoms. The van der Waals surface area contributed by atoms with Crippen molar-refractivity contribution in [3.05, 3.63) is 52.3 Å². The van der Waals surface area contributed by atoms with Crippen LogP contribution in [0.4, 0.5) is 13.2 Å². The SMILES string of the molecule is O=C(c1cnn2c(C(F)(F)F)cc(-c3ccc(Br)cc3)nc12)N1CCN(C23CC4CC(CC(C4)C2)C3)CC1. The van der Waals surface area contributed by atoms with Crippen LogP contribution in [-0.4, -0.2) is 62.0 Å². The Morgan fingerprint density at radius 3 is 2.13 bits per heavy atom. The highest BCUT2D eigenvalue weighted by molar-refractivity contribution is 9.10. The minimum atomic E-state index is -4.65. The van der Waals surface area contributed by atoms with Gasteiger partial charge in [0.25, 0.3) is 5.91 Å². The lowest BCUT2D eigenvalue weighted by Gasteiger charge is -2.61. The van der Waals surface area contributed by atoms with Crippen LogP contribution in [0.25, 0.3) is 16.9 Å². The van der Waals surface area contributed by atoms with Crippen molar-refractivity contribution >= 4 is 27.5 Å². The molecule has 1 saturated heterocycles. The summed E-state index contributed by atoms with van der Waals surface area (Å²) in [6.07, 6.45) is 4.60. The highest BCUT2D eigenvalue weighted by Crippen LogP contribution is 2.57. The van der Waals surface area contributed by atoms with Gasteiger partial charge < -0.3 is 4.90 Å². The largest absolute Gasteiger partial charge is 0.433 e. The number of nitrogens with zero attached hydrogens (tertiary/aromatic N) is 5. The number of hydrogen-bond donors (Lipinski definition) is 0. The number of fused-ring (bicyclic) bond motifs is 1. The quantitative estimate of drug-likeness (QED) is 0.382. The lowest BCUT2D eigenvalue weighted by Crippen LogP contribution is -2.64.